The highest BCUT2D eigenvalue weighted by Gasteiger charge is 2.18. The summed E-state index contributed by atoms with van der Waals surface area (Å²) in [5.41, 5.74) is 0.470. The van der Waals surface area contributed by atoms with Gasteiger partial charge in [0.05, 0.1) is 6.61 Å². The molecule has 0 unspecified atom stereocenters. The first-order valence-electron chi connectivity index (χ1n) is 5.41. The van der Waals surface area contributed by atoms with Crippen molar-refractivity contribution in [2.75, 3.05) is 25.5 Å². The summed E-state index contributed by atoms with van der Waals surface area (Å²) in [6.45, 7) is -0.0976. The van der Waals surface area contributed by atoms with Crippen LogP contribution in [0.1, 0.15) is 0 Å². The molecule has 0 bridgehead atoms. The quantitative estimate of drug-likeness (QED) is 0.479. The Morgan fingerprint density at radius 3 is 2.58 bits per heavy atom. The van der Waals surface area contributed by atoms with Crippen molar-refractivity contribution >= 4 is 29.3 Å². The number of likely N-dealkylation sites (N-methyl/N-ethyl adjacent to an activating group) is 1. The monoisotopic (exact) mass is 279 g/mol. The summed E-state index contributed by atoms with van der Waals surface area (Å²) in [6, 6.07) is 6.56. The summed E-state index contributed by atoms with van der Waals surface area (Å²) in [4.78, 5) is 25.0. The molecule has 1 aromatic rings. The lowest BCUT2D eigenvalue weighted by molar-refractivity contribution is -0.142. The standard InChI is InChI=1S/C12H13N3O3S/c1-15(6-7-16)12(18)11(17)14-9-2-4-10(5-3-9)19-8-13/h2-5,16H,6-7H2,1H3,(H,14,17). The van der Waals surface area contributed by atoms with Crippen LogP contribution in [0.25, 0.3) is 0 Å². The van der Waals surface area contributed by atoms with Gasteiger partial charge in [0.15, 0.2) is 0 Å². The van der Waals surface area contributed by atoms with Gasteiger partial charge in [-0.2, -0.15) is 5.26 Å². The van der Waals surface area contributed by atoms with Gasteiger partial charge >= 0.3 is 11.8 Å². The molecule has 0 saturated heterocycles. The number of amides is 2. The van der Waals surface area contributed by atoms with Crippen molar-refractivity contribution in [2.45, 2.75) is 4.90 Å². The lowest BCUT2D eigenvalue weighted by Gasteiger charge is -2.14. The van der Waals surface area contributed by atoms with Crippen LogP contribution in [0.5, 0.6) is 0 Å². The van der Waals surface area contributed by atoms with Crippen molar-refractivity contribution in [1.82, 2.24) is 4.90 Å². The first kappa shape index (κ1) is 15.0. The van der Waals surface area contributed by atoms with Crippen LogP contribution >= 0.6 is 11.8 Å². The summed E-state index contributed by atoms with van der Waals surface area (Å²) < 4.78 is 0. The van der Waals surface area contributed by atoms with E-state index in [0.29, 0.717) is 5.69 Å². The topological polar surface area (TPSA) is 93.4 Å². The third kappa shape index (κ3) is 4.62. The smallest absolute Gasteiger partial charge is 0.313 e. The van der Waals surface area contributed by atoms with E-state index in [9.17, 15) is 9.59 Å². The fraction of sp³-hybridized carbons (Fsp3) is 0.250. The minimum atomic E-state index is -0.767. The zero-order chi connectivity index (χ0) is 14.3. The molecular weight excluding hydrogens is 266 g/mol. The molecule has 0 heterocycles. The Morgan fingerprint density at radius 1 is 1.42 bits per heavy atom. The molecule has 0 spiro atoms. The van der Waals surface area contributed by atoms with E-state index in [2.05, 4.69) is 5.32 Å². The maximum Gasteiger partial charge on any atom is 0.313 e. The van der Waals surface area contributed by atoms with E-state index in [4.69, 9.17) is 10.4 Å². The first-order valence-corrected chi connectivity index (χ1v) is 6.23. The van der Waals surface area contributed by atoms with Crippen LogP contribution < -0.4 is 5.32 Å². The molecule has 0 aliphatic rings. The maximum absolute atomic E-state index is 11.6. The molecule has 0 saturated carbocycles. The highest BCUT2D eigenvalue weighted by atomic mass is 32.2. The number of nitrogens with one attached hydrogen (secondary N) is 1. The third-order valence-electron chi connectivity index (χ3n) is 2.25. The third-order valence-corrected chi connectivity index (χ3v) is 2.85. The number of thiocyanates is 1. The van der Waals surface area contributed by atoms with Crippen molar-refractivity contribution in [3.63, 3.8) is 0 Å². The summed E-state index contributed by atoms with van der Waals surface area (Å²) in [5.74, 6) is -1.49. The highest BCUT2D eigenvalue weighted by Crippen LogP contribution is 2.18. The summed E-state index contributed by atoms with van der Waals surface area (Å²) in [6.07, 6.45) is 0. The Bertz CT molecular complexity index is 496. The van der Waals surface area contributed by atoms with Crippen LogP contribution in [0.4, 0.5) is 5.69 Å². The Labute approximate surface area is 115 Å². The summed E-state index contributed by atoms with van der Waals surface area (Å²) in [5, 5.41) is 21.6. The van der Waals surface area contributed by atoms with Crippen LogP contribution in [0, 0.1) is 10.7 Å². The second kappa shape index (κ2) is 7.41. The number of aliphatic hydroxyl groups is 1. The average molecular weight is 279 g/mol. The highest BCUT2D eigenvalue weighted by molar-refractivity contribution is 8.03. The molecule has 0 fully saturated rings. The molecule has 0 aliphatic carbocycles. The van der Waals surface area contributed by atoms with Crippen LogP contribution in [0.15, 0.2) is 29.2 Å². The molecule has 2 N–H and O–H groups in total. The largest absolute Gasteiger partial charge is 0.395 e. The number of nitrogens with zero attached hydrogens (tertiary/aromatic N) is 2. The lowest BCUT2D eigenvalue weighted by atomic mass is 10.3. The van der Waals surface area contributed by atoms with Gasteiger partial charge in [-0.05, 0) is 36.0 Å². The zero-order valence-corrected chi connectivity index (χ0v) is 11.1. The van der Waals surface area contributed by atoms with E-state index in [0.717, 1.165) is 21.6 Å². The van der Waals surface area contributed by atoms with E-state index in [1.54, 1.807) is 24.3 Å². The molecule has 2 amide bonds. The van der Waals surface area contributed by atoms with E-state index < -0.39 is 11.8 Å². The molecular formula is C12H13N3O3S. The number of carbonyl (C=O) groups is 2. The fourth-order valence-electron chi connectivity index (χ4n) is 1.27. The molecule has 7 heteroatoms. The van der Waals surface area contributed by atoms with Crippen molar-refractivity contribution < 1.29 is 14.7 Å². The number of benzene rings is 1. The van der Waals surface area contributed by atoms with E-state index in [-0.39, 0.29) is 13.2 Å². The first-order chi connectivity index (χ1) is 9.08. The van der Waals surface area contributed by atoms with Gasteiger partial charge in [0.25, 0.3) is 0 Å². The van der Waals surface area contributed by atoms with Gasteiger partial charge in [0.2, 0.25) is 0 Å². The van der Waals surface area contributed by atoms with Crippen molar-refractivity contribution in [3.8, 4) is 5.40 Å². The molecule has 1 aromatic carbocycles. The summed E-state index contributed by atoms with van der Waals surface area (Å²) >= 11 is 1.01. The second-order valence-corrected chi connectivity index (χ2v) is 4.48. The van der Waals surface area contributed by atoms with E-state index in [1.807, 2.05) is 5.40 Å². The Balaban J connectivity index is 2.62. The van der Waals surface area contributed by atoms with Gasteiger partial charge in [0, 0.05) is 24.2 Å². The lowest BCUT2D eigenvalue weighted by Crippen LogP contribution is -2.38. The van der Waals surface area contributed by atoms with Gasteiger partial charge in [-0.15, -0.1) is 0 Å². The Morgan fingerprint density at radius 2 is 2.05 bits per heavy atom. The molecule has 1 rings (SSSR count). The predicted molar refractivity (Wildman–Crippen MR) is 71.3 cm³/mol. The van der Waals surface area contributed by atoms with Crippen LogP contribution in [0.3, 0.4) is 0 Å². The number of aliphatic hydroxyl groups excluding tert-OH is 1. The SMILES string of the molecule is CN(CCO)C(=O)C(=O)Nc1ccc(SC#N)cc1. The summed E-state index contributed by atoms with van der Waals surface area (Å²) in [7, 11) is 1.44. The van der Waals surface area contributed by atoms with Gasteiger partial charge in [-0.25, -0.2) is 0 Å². The molecule has 0 atom stereocenters. The molecule has 19 heavy (non-hydrogen) atoms. The Hall–Kier alpha value is -2.04. The molecule has 0 aliphatic heterocycles. The number of anilines is 1. The van der Waals surface area contributed by atoms with Gasteiger partial charge in [-0.1, -0.05) is 0 Å². The molecule has 0 radical (unpaired) electrons. The zero-order valence-electron chi connectivity index (χ0n) is 10.3. The average Bonchev–Trinajstić information content (AvgIpc) is 2.40. The van der Waals surface area contributed by atoms with Crippen molar-refractivity contribution in [2.24, 2.45) is 0 Å². The number of carbonyl (C=O) groups excluding carboxylic acids is 2. The van der Waals surface area contributed by atoms with Gasteiger partial charge in [-0.3, -0.25) is 9.59 Å². The molecule has 0 aromatic heterocycles. The van der Waals surface area contributed by atoms with Gasteiger partial charge < -0.3 is 15.3 Å². The Kier molecular flexibility index (Phi) is 5.85. The van der Waals surface area contributed by atoms with Crippen molar-refractivity contribution in [1.29, 1.82) is 5.26 Å². The van der Waals surface area contributed by atoms with Crippen LogP contribution in [-0.4, -0.2) is 42.0 Å². The number of nitriles is 1. The predicted octanol–water partition coefficient (Wildman–Crippen LogP) is 0.649. The van der Waals surface area contributed by atoms with Crippen LogP contribution in [-0.2, 0) is 9.59 Å². The number of hydrogen-bond acceptors (Lipinski definition) is 5. The van der Waals surface area contributed by atoms with Crippen LogP contribution in [0.2, 0.25) is 0 Å². The normalized spacial score (nSPS) is 9.53. The molecule has 100 valence electrons. The minimum absolute atomic E-state index is 0.101. The molecule has 6 nitrogen and oxygen atoms in total. The van der Waals surface area contributed by atoms with E-state index >= 15 is 0 Å². The fourth-order valence-corrected chi connectivity index (χ4v) is 1.65. The van der Waals surface area contributed by atoms with Gasteiger partial charge in [0.1, 0.15) is 5.40 Å². The number of thioether (sulfide) groups is 1. The maximum atomic E-state index is 11.6. The van der Waals surface area contributed by atoms with E-state index in [1.165, 1.54) is 7.05 Å². The second-order valence-electron chi connectivity index (χ2n) is 3.62. The number of hydrogen-bond donors (Lipinski definition) is 2. The minimum Gasteiger partial charge on any atom is -0.395 e. The van der Waals surface area contributed by atoms with Crippen molar-refractivity contribution in [3.05, 3.63) is 24.3 Å². The number of rotatable bonds is 4.